The molecule has 0 aliphatic heterocycles. The summed E-state index contributed by atoms with van der Waals surface area (Å²) in [4.78, 5) is 25.6. The second kappa shape index (κ2) is 12.1. The van der Waals surface area contributed by atoms with E-state index in [1.165, 1.54) is 0 Å². The van der Waals surface area contributed by atoms with Crippen LogP contribution in [0.15, 0.2) is 0 Å². The van der Waals surface area contributed by atoms with E-state index in [-0.39, 0.29) is 64.3 Å². The Labute approximate surface area is 118 Å². The Bertz CT molecular complexity index is 200. The quantitative estimate of drug-likeness (QED) is 0.180. The molecule has 0 aromatic heterocycles. The fourth-order valence-electron chi connectivity index (χ4n) is 0. The van der Waals surface area contributed by atoms with Gasteiger partial charge in [0.15, 0.2) is 0 Å². The molecule has 0 saturated heterocycles. The van der Waals surface area contributed by atoms with Gasteiger partial charge >= 0.3 is 64.3 Å². The summed E-state index contributed by atoms with van der Waals surface area (Å²) in [6, 6.07) is 0. The molecule has 0 saturated carbocycles. The molecule has 0 aromatic carbocycles. The monoisotopic (exact) mass is 268 g/mol. The van der Waals surface area contributed by atoms with E-state index in [0.717, 1.165) is 0 Å². The van der Waals surface area contributed by atoms with Crippen molar-refractivity contribution in [2.24, 2.45) is 0 Å². The van der Waals surface area contributed by atoms with Gasteiger partial charge < -0.3 is 28.4 Å². The van der Waals surface area contributed by atoms with Gasteiger partial charge in [-0.25, -0.2) is 0 Å². The molecule has 0 aromatic rings. The van der Waals surface area contributed by atoms with Crippen LogP contribution in [0.3, 0.4) is 0 Å². The maximum atomic E-state index is 8.55. The third-order valence-corrected chi connectivity index (χ3v) is 0. The molecular weight excluding hydrogens is 268 g/mol. The van der Waals surface area contributed by atoms with Crippen molar-refractivity contribution in [1.82, 2.24) is 0 Å². The van der Waals surface area contributed by atoms with Crippen molar-refractivity contribution in [2.75, 3.05) is 0 Å². The molecule has 13 heteroatoms. The maximum absolute atomic E-state index is 8.55. The van der Waals surface area contributed by atoms with E-state index >= 15 is 0 Å². The summed E-state index contributed by atoms with van der Waals surface area (Å²) in [6.45, 7) is 0. The first-order chi connectivity index (χ1) is 4.00. The Balaban J connectivity index is -0.0000000267. The molecule has 64 valence electrons. The second-order valence-corrected chi connectivity index (χ2v) is 2.57. The zero-order valence-electron chi connectivity index (χ0n) is 6.28. The third-order valence-electron chi connectivity index (χ3n) is 0. The first-order valence-corrected chi connectivity index (χ1v) is 4.19. The average molecular weight is 268 g/mol. The van der Waals surface area contributed by atoms with Gasteiger partial charge in [0.2, 0.25) is 0 Å². The Hall–Kier alpha value is 2.04. The summed E-state index contributed by atoms with van der Waals surface area (Å²) < 4.78 is 42.6. The summed E-state index contributed by atoms with van der Waals surface area (Å²) in [6.07, 6.45) is 0. The SMILES string of the molecule is O=P([O-])([O-])[O-].O=S(=O)([O-])[O-].[Al+3].[Al+3].[Na+]. The first kappa shape index (κ1) is 29.4. The summed E-state index contributed by atoms with van der Waals surface area (Å²) in [5, 5.41) is 0. The van der Waals surface area contributed by atoms with E-state index in [1.807, 2.05) is 0 Å². The molecule has 0 N–H and O–H groups in total. The van der Waals surface area contributed by atoms with Crippen molar-refractivity contribution in [1.29, 1.82) is 0 Å². The van der Waals surface area contributed by atoms with Crippen LogP contribution in [0.1, 0.15) is 0 Å². The van der Waals surface area contributed by atoms with Crippen LogP contribution in [-0.4, -0.2) is 52.2 Å². The van der Waals surface area contributed by atoms with Crippen molar-refractivity contribution in [3.8, 4) is 0 Å². The molecule has 0 radical (unpaired) electrons. The Morgan fingerprint density at radius 3 is 0.923 bits per heavy atom. The Morgan fingerprint density at radius 1 is 0.923 bits per heavy atom. The van der Waals surface area contributed by atoms with Gasteiger partial charge in [0.25, 0.3) is 0 Å². The molecule has 0 rings (SSSR count). The van der Waals surface area contributed by atoms with Crippen LogP contribution >= 0.6 is 7.82 Å². The van der Waals surface area contributed by atoms with Crippen LogP contribution in [-0.2, 0) is 15.0 Å². The summed E-state index contributed by atoms with van der Waals surface area (Å²) >= 11 is 0. The predicted octanol–water partition coefficient (Wildman–Crippen LogP) is -7.92. The minimum absolute atomic E-state index is 0. The van der Waals surface area contributed by atoms with Crippen LogP contribution in [0.5, 0.6) is 0 Å². The zero-order valence-corrected chi connectivity index (χ0v) is 12.3. The molecular formula is Al2NaO8PS+2. The van der Waals surface area contributed by atoms with Crippen LogP contribution in [0.4, 0.5) is 0 Å². The molecule has 0 fully saturated rings. The smallest absolute Gasteiger partial charge is 0.822 e. The number of rotatable bonds is 0. The minimum atomic E-state index is -5.39. The fraction of sp³-hybridized carbons (Fsp3) is 0. The average Bonchev–Trinajstić information content (AvgIpc) is 1.12. The van der Waals surface area contributed by atoms with E-state index in [0.29, 0.717) is 0 Å². The predicted molar refractivity (Wildman–Crippen MR) is 29.6 cm³/mol. The fourth-order valence-corrected chi connectivity index (χ4v) is 0. The van der Waals surface area contributed by atoms with Crippen molar-refractivity contribution in [3.63, 3.8) is 0 Å². The molecule has 0 amide bonds. The zero-order chi connectivity index (χ0) is 9.00. The van der Waals surface area contributed by atoms with Gasteiger partial charge in [0.05, 0.1) is 0 Å². The Morgan fingerprint density at radius 2 is 0.923 bits per heavy atom. The molecule has 0 aliphatic carbocycles. The molecule has 0 aliphatic rings. The van der Waals surface area contributed by atoms with Crippen LogP contribution in [0, 0.1) is 0 Å². The van der Waals surface area contributed by atoms with Gasteiger partial charge in [0.1, 0.15) is 0 Å². The van der Waals surface area contributed by atoms with Gasteiger partial charge in [-0.2, -0.15) is 7.82 Å². The number of phosphoric acid groups is 1. The normalized spacial score (nSPS) is 9.00. The van der Waals surface area contributed by atoms with Gasteiger partial charge in [0, 0.05) is 10.4 Å². The van der Waals surface area contributed by atoms with Gasteiger partial charge in [-0.15, -0.1) is 0 Å². The number of hydrogen-bond donors (Lipinski definition) is 0. The molecule has 0 spiro atoms. The van der Waals surface area contributed by atoms with Crippen molar-refractivity contribution < 1.29 is 66.3 Å². The van der Waals surface area contributed by atoms with Crippen molar-refractivity contribution in [2.45, 2.75) is 0 Å². The van der Waals surface area contributed by atoms with E-state index < -0.39 is 18.2 Å². The third kappa shape index (κ3) is 487. The van der Waals surface area contributed by atoms with Gasteiger partial charge in [-0.05, 0) is 0 Å². The molecule has 13 heavy (non-hydrogen) atoms. The summed E-state index contributed by atoms with van der Waals surface area (Å²) in [5.41, 5.74) is 0. The Kier molecular flexibility index (Phi) is 27.4. The largest absolute Gasteiger partial charge is 3.00 e. The van der Waals surface area contributed by atoms with E-state index in [9.17, 15) is 0 Å². The molecule has 0 atom stereocenters. The summed E-state index contributed by atoms with van der Waals surface area (Å²) in [7, 11) is -10.6. The number of hydrogen-bond acceptors (Lipinski definition) is 8. The van der Waals surface area contributed by atoms with E-state index in [2.05, 4.69) is 0 Å². The molecule has 0 heterocycles. The van der Waals surface area contributed by atoms with Crippen LogP contribution in [0.2, 0.25) is 0 Å². The standard InChI is InChI=1S/2Al.Na.H3O4P.H2O4S/c;;;2*1-5(2,3)4/h;;;(H3,1,2,3,4);(H2,1,2,3,4)/q2*+3;+1;;/p-5. The topological polar surface area (TPSA) is 167 Å². The van der Waals surface area contributed by atoms with Crippen LogP contribution < -0.4 is 44.2 Å². The van der Waals surface area contributed by atoms with E-state index in [1.54, 1.807) is 0 Å². The molecule has 8 nitrogen and oxygen atoms in total. The first-order valence-electron chi connectivity index (χ1n) is 1.40. The summed E-state index contributed by atoms with van der Waals surface area (Å²) in [5.74, 6) is 0. The van der Waals surface area contributed by atoms with Crippen LogP contribution in [0.25, 0.3) is 0 Å². The van der Waals surface area contributed by atoms with Gasteiger partial charge in [-0.3, -0.25) is 8.42 Å². The minimum Gasteiger partial charge on any atom is -0.822 e. The van der Waals surface area contributed by atoms with Crippen molar-refractivity contribution in [3.05, 3.63) is 0 Å². The van der Waals surface area contributed by atoms with E-state index in [4.69, 9.17) is 36.8 Å². The van der Waals surface area contributed by atoms with Gasteiger partial charge in [-0.1, -0.05) is 0 Å². The molecule has 0 bridgehead atoms. The van der Waals surface area contributed by atoms with Crippen molar-refractivity contribution >= 4 is 52.9 Å². The molecule has 0 unspecified atom stereocenters. The maximum Gasteiger partial charge on any atom is 3.00 e. The second-order valence-electron chi connectivity index (χ2n) is 0.855.